The molecule has 1 fully saturated rings. The maximum absolute atomic E-state index is 12.4. The van der Waals surface area contributed by atoms with Crippen LogP contribution in [0.4, 0.5) is 0 Å². The van der Waals surface area contributed by atoms with Gasteiger partial charge < -0.3 is 5.32 Å². The van der Waals surface area contributed by atoms with Gasteiger partial charge in [0.25, 0.3) is 0 Å². The van der Waals surface area contributed by atoms with Crippen LogP contribution in [-0.2, 0) is 17.9 Å². The van der Waals surface area contributed by atoms with Gasteiger partial charge in [-0.15, -0.1) is 0 Å². The molecule has 1 aromatic heterocycles. The van der Waals surface area contributed by atoms with E-state index in [2.05, 4.69) is 27.5 Å². The van der Waals surface area contributed by atoms with Crippen LogP contribution in [-0.4, -0.2) is 20.7 Å². The second-order valence-electron chi connectivity index (χ2n) is 6.63. The number of halogens is 1. The van der Waals surface area contributed by atoms with E-state index in [9.17, 15) is 4.79 Å². The fourth-order valence-corrected chi connectivity index (χ4v) is 3.37. The zero-order valence-electron chi connectivity index (χ0n) is 14.2. The summed E-state index contributed by atoms with van der Waals surface area (Å²) in [6.45, 7) is 1.23. The summed E-state index contributed by atoms with van der Waals surface area (Å²) in [6.07, 6.45) is 4.11. The molecule has 5 nitrogen and oxygen atoms in total. The quantitative estimate of drug-likeness (QED) is 0.727. The number of hydrogen-bond acceptors (Lipinski definition) is 3. The number of aromatic nitrogens is 3. The lowest BCUT2D eigenvalue weighted by Gasteiger charge is -2.07. The lowest BCUT2D eigenvalue weighted by molar-refractivity contribution is -0.122. The van der Waals surface area contributed by atoms with Gasteiger partial charge in [-0.05, 0) is 41.2 Å². The fraction of sp³-hybridized carbons (Fsp3) is 0.250. The summed E-state index contributed by atoms with van der Waals surface area (Å²) >= 11 is 6.03. The van der Waals surface area contributed by atoms with Crippen molar-refractivity contribution in [1.82, 2.24) is 20.1 Å². The van der Waals surface area contributed by atoms with Crippen molar-refractivity contribution in [2.24, 2.45) is 5.92 Å². The third-order valence-corrected chi connectivity index (χ3v) is 4.94. The first-order valence-corrected chi connectivity index (χ1v) is 9.00. The highest BCUT2D eigenvalue weighted by Gasteiger charge is 2.43. The molecule has 26 heavy (non-hydrogen) atoms. The lowest BCUT2D eigenvalue weighted by atomic mass is 10.1. The van der Waals surface area contributed by atoms with E-state index in [1.165, 1.54) is 6.33 Å². The van der Waals surface area contributed by atoms with Crippen molar-refractivity contribution in [1.29, 1.82) is 0 Å². The molecule has 1 saturated carbocycles. The maximum atomic E-state index is 12.4. The topological polar surface area (TPSA) is 59.8 Å². The van der Waals surface area contributed by atoms with Gasteiger partial charge in [0.1, 0.15) is 12.7 Å². The Balaban J connectivity index is 1.28. The normalized spacial score (nSPS) is 18.5. The zero-order valence-corrected chi connectivity index (χ0v) is 14.9. The predicted molar refractivity (Wildman–Crippen MR) is 99.7 cm³/mol. The van der Waals surface area contributed by atoms with Gasteiger partial charge in [0.2, 0.25) is 5.91 Å². The van der Waals surface area contributed by atoms with E-state index >= 15 is 0 Å². The zero-order chi connectivity index (χ0) is 17.9. The number of nitrogens with one attached hydrogen (secondary N) is 1. The second-order valence-corrected chi connectivity index (χ2v) is 7.07. The summed E-state index contributed by atoms with van der Waals surface area (Å²) in [7, 11) is 0. The summed E-state index contributed by atoms with van der Waals surface area (Å²) in [5, 5.41) is 7.86. The van der Waals surface area contributed by atoms with Crippen LogP contribution in [0.2, 0.25) is 5.02 Å². The van der Waals surface area contributed by atoms with Crippen molar-refractivity contribution in [2.45, 2.75) is 25.4 Å². The molecule has 1 aliphatic rings. The molecule has 1 heterocycles. The van der Waals surface area contributed by atoms with E-state index in [4.69, 9.17) is 11.6 Å². The number of carbonyl (C=O) groups is 1. The van der Waals surface area contributed by atoms with Crippen LogP contribution >= 0.6 is 11.6 Å². The van der Waals surface area contributed by atoms with Crippen LogP contribution in [0.1, 0.15) is 29.0 Å². The van der Waals surface area contributed by atoms with Crippen molar-refractivity contribution >= 4 is 17.5 Å². The molecule has 1 amide bonds. The number of benzene rings is 2. The van der Waals surface area contributed by atoms with E-state index in [-0.39, 0.29) is 11.8 Å². The molecule has 0 saturated heterocycles. The van der Waals surface area contributed by atoms with Gasteiger partial charge in [0, 0.05) is 17.5 Å². The molecule has 6 heteroatoms. The Morgan fingerprint density at radius 1 is 1.19 bits per heavy atom. The molecule has 0 radical (unpaired) electrons. The molecular weight excluding hydrogens is 348 g/mol. The fourth-order valence-electron chi connectivity index (χ4n) is 3.17. The third kappa shape index (κ3) is 3.94. The summed E-state index contributed by atoms with van der Waals surface area (Å²) in [5.74, 6) is 0.459. The van der Waals surface area contributed by atoms with Crippen LogP contribution in [0.15, 0.2) is 61.2 Å². The van der Waals surface area contributed by atoms with Crippen LogP contribution in [0.25, 0.3) is 0 Å². The lowest BCUT2D eigenvalue weighted by Crippen LogP contribution is -2.24. The summed E-state index contributed by atoms with van der Waals surface area (Å²) in [6, 6.07) is 16.0. The van der Waals surface area contributed by atoms with Crippen molar-refractivity contribution in [3.8, 4) is 0 Å². The van der Waals surface area contributed by atoms with Gasteiger partial charge in [-0.3, -0.25) is 4.79 Å². The Morgan fingerprint density at radius 2 is 2.00 bits per heavy atom. The minimum Gasteiger partial charge on any atom is -0.352 e. The van der Waals surface area contributed by atoms with Gasteiger partial charge in [0.05, 0.1) is 6.54 Å². The minimum atomic E-state index is 0.0556. The molecule has 0 bridgehead atoms. The predicted octanol–water partition coefficient (Wildman–Crippen LogP) is 3.40. The minimum absolute atomic E-state index is 0.0556. The largest absolute Gasteiger partial charge is 0.352 e. The Labute approximate surface area is 157 Å². The van der Waals surface area contributed by atoms with Crippen molar-refractivity contribution in [3.63, 3.8) is 0 Å². The second kappa shape index (κ2) is 7.30. The molecule has 0 aliphatic heterocycles. The average Bonchev–Trinajstić information content (AvgIpc) is 3.30. The monoisotopic (exact) mass is 366 g/mol. The van der Waals surface area contributed by atoms with Gasteiger partial charge in [-0.2, -0.15) is 5.10 Å². The average molecular weight is 367 g/mol. The molecule has 4 rings (SSSR count). The first kappa shape index (κ1) is 16.8. The standard InChI is InChI=1S/C20H19ClN4O/c21-17-3-1-2-16(8-17)18-9-19(18)20(26)23-10-14-4-6-15(7-5-14)11-25-13-22-12-24-25/h1-8,12-13,18-19H,9-11H2,(H,23,26)/t18-,19+/m0/s1. The first-order chi connectivity index (χ1) is 12.7. The number of amides is 1. The molecule has 0 unspecified atom stereocenters. The molecule has 3 aromatic rings. The number of rotatable bonds is 6. The Kier molecular flexibility index (Phi) is 4.71. The van der Waals surface area contributed by atoms with E-state index in [1.54, 1.807) is 11.0 Å². The number of carbonyl (C=O) groups excluding carboxylic acids is 1. The third-order valence-electron chi connectivity index (χ3n) is 4.70. The summed E-state index contributed by atoms with van der Waals surface area (Å²) in [4.78, 5) is 16.3. The maximum Gasteiger partial charge on any atom is 0.224 e. The summed E-state index contributed by atoms with van der Waals surface area (Å²) < 4.78 is 1.78. The van der Waals surface area contributed by atoms with Crippen molar-refractivity contribution in [3.05, 3.63) is 82.9 Å². The SMILES string of the molecule is O=C(NCc1ccc(Cn2cncn2)cc1)[C@@H]1C[C@H]1c1cccc(Cl)c1. The van der Waals surface area contributed by atoms with Crippen LogP contribution in [0.5, 0.6) is 0 Å². The van der Waals surface area contributed by atoms with Crippen molar-refractivity contribution in [2.75, 3.05) is 0 Å². The van der Waals surface area contributed by atoms with Crippen LogP contribution in [0.3, 0.4) is 0 Å². The van der Waals surface area contributed by atoms with Gasteiger partial charge >= 0.3 is 0 Å². The highest BCUT2D eigenvalue weighted by atomic mass is 35.5. The molecule has 2 aromatic carbocycles. The van der Waals surface area contributed by atoms with E-state index in [0.717, 1.165) is 28.1 Å². The summed E-state index contributed by atoms with van der Waals surface area (Å²) in [5.41, 5.74) is 3.38. The van der Waals surface area contributed by atoms with Crippen LogP contribution in [0, 0.1) is 5.92 Å². The Hall–Kier alpha value is -2.66. The van der Waals surface area contributed by atoms with Gasteiger partial charge in [0.15, 0.2) is 0 Å². The van der Waals surface area contributed by atoms with Gasteiger partial charge in [-0.1, -0.05) is 48.0 Å². The highest BCUT2D eigenvalue weighted by Crippen LogP contribution is 2.47. The number of hydrogen-bond donors (Lipinski definition) is 1. The number of nitrogens with zero attached hydrogens (tertiary/aromatic N) is 3. The Morgan fingerprint density at radius 3 is 2.73 bits per heavy atom. The van der Waals surface area contributed by atoms with E-state index in [0.29, 0.717) is 19.0 Å². The van der Waals surface area contributed by atoms with Crippen molar-refractivity contribution < 1.29 is 4.79 Å². The van der Waals surface area contributed by atoms with E-state index in [1.807, 2.05) is 36.4 Å². The highest BCUT2D eigenvalue weighted by molar-refractivity contribution is 6.30. The van der Waals surface area contributed by atoms with Gasteiger partial charge in [-0.25, -0.2) is 9.67 Å². The smallest absolute Gasteiger partial charge is 0.224 e. The Bertz CT molecular complexity index is 892. The molecular formula is C20H19ClN4O. The van der Waals surface area contributed by atoms with Crippen LogP contribution < -0.4 is 5.32 Å². The molecule has 2 atom stereocenters. The molecule has 1 N–H and O–H groups in total. The molecule has 0 spiro atoms. The van der Waals surface area contributed by atoms with E-state index < -0.39 is 0 Å². The first-order valence-electron chi connectivity index (χ1n) is 8.62. The molecule has 132 valence electrons. The molecule has 1 aliphatic carbocycles.